The average Bonchev–Trinajstić information content (AvgIpc) is 2.27. The fourth-order valence-electron chi connectivity index (χ4n) is 1.18. The van der Waals surface area contributed by atoms with Crippen LogP contribution in [0.1, 0.15) is 0 Å². The zero-order valence-corrected chi connectivity index (χ0v) is 13.1. The van der Waals surface area contributed by atoms with Crippen molar-refractivity contribution < 1.29 is 45.6 Å². The van der Waals surface area contributed by atoms with Gasteiger partial charge in [-0.2, -0.15) is 16.8 Å². The highest BCUT2D eigenvalue weighted by molar-refractivity contribution is 7.86. The highest BCUT2D eigenvalue weighted by Gasteiger charge is 2.14. The molecule has 0 fully saturated rings. The van der Waals surface area contributed by atoms with Crippen LogP contribution in [-0.4, -0.2) is 86.3 Å². The molecular formula is C10H18O10S2. The van der Waals surface area contributed by atoms with Gasteiger partial charge in [0, 0.05) is 0 Å². The molecule has 0 aromatic carbocycles. The molecule has 0 saturated carbocycles. The summed E-state index contributed by atoms with van der Waals surface area (Å²) in [6.45, 7) is -0.913. The van der Waals surface area contributed by atoms with Gasteiger partial charge in [-0.1, -0.05) is 11.8 Å². The molecule has 0 radical (unpaired) electrons. The molecule has 4 N–H and O–H groups in total. The minimum absolute atomic E-state index is 0.126. The third-order valence-electron chi connectivity index (χ3n) is 1.90. The summed E-state index contributed by atoms with van der Waals surface area (Å²) in [7, 11) is -8.54. The second-order valence-corrected chi connectivity index (χ2v) is 7.18. The molecule has 0 aromatic heterocycles. The van der Waals surface area contributed by atoms with E-state index in [1.54, 1.807) is 0 Å². The van der Waals surface area contributed by atoms with Crippen molar-refractivity contribution in [3.05, 3.63) is 0 Å². The van der Waals surface area contributed by atoms with Crippen molar-refractivity contribution in [2.24, 2.45) is 0 Å². The van der Waals surface area contributed by atoms with Crippen molar-refractivity contribution in [1.29, 1.82) is 0 Å². The maximum absolute atomic E-state index is 10.4. The Hall–Kier alpha value is -0.780. The van der Waals surface area contributed by atoms with Crippen LogP contribution in [0.2, 0.25) is 0 Å². The van der Waals surface area contributed by atoms with E-state index in [0.29, 0.717) is 0 Å². The van der Waals surface area contributed by atoms with Crippen LogP contribution in [0.5, 0.6) is 0 Å². The van der Waals surface area contributed by atoms with E-state index in [0.717, 1.165) is 0 Å². The zero-order chi connectivity index (χ0) is 17.2. The lowest BCUT2D eigenvalue weighted by molar-refractivity contribution is 0.0604. The Morgan fingerprint density at radius 3 is 1.36 bits per heavy atom. The highest BCUT2D eigenvalue weighted by atomic mass is 32.2. The highest BCUT2D eigenvalue weighted by Crippen LogP contribution is 1.92. The average molecular weight is 362 g/mol. The number of hydrogen-bond acceptors (Lipinski definition) is 8. The quantitative estimate of drug-likeness (QED) is 0.185. The van der Waals surface area contributed by atoms with Crippen LogP contribution in [0.4, 0.5) is 0 Å². The molecule has 0 amide bonds. The SMILES string of the molecule is O=S(=O)(O)CC(O)COCC#CCOCC(O)CS(=O)(=O)O. The lowest BCUT2D eigenvalue weighted by atomic mass is 10.4. The van der Waals surface area contributed by atoms with Crippen LogP contribution in [-0.2, 0) is 29.7 Å². The first kappa shape index (κ1) is 21.2. The van der Waals surface area contributed by atoms with Crippen LogP contribution < -0.4 is 0 Å². The van der Waals surface area contributed by atoms with Crippen molar-refractivity contribution in [1.82, 2.24) is 0 Å². The molecule has 130 valence electrons. The monoisotopic (exact) mass is 362 g/mol. The van der Waals surface area contributed by atoms with E-state index in [9.17, 15) is 16.8 Å². The van der Waals surface area contributed by atoms with E-state index in [4.69, 9.17) is 28.8 Å². The number of aliphatic hydroxyl groups excluding tert-OH is 2. The molecule has 0 rings (SSSR count). The van der Waals surface area contributed by atoms with E-state index < -0.39 is 43.9 Å². The summed E-state index contributed by atoms with van der Waals surface area (Å²) in [5.41, 5.74) is 0. The fraction of sp³-hybridized carbons (Fsp3) is 0.800. The van der Waals surface area contributed by atoms with Gasteiger partial charge >= 0.3 is 0 Å². The van der Waals surface area contributed by atoms with Crippen molar-refractivity contribution in [3.8, 4) is 11.8 Å². The second kappa shape index (κ2) is 10.1. The number of ether oxygens (including phenoxy) is 2. The summed E-state index contributed by atoms with van der Waals surface area (Å²) >= 11 is 0. The first-order valence-electron chi connectivity index (χ1n) is 5.87. The summed E-state index contributed by atoms with van der Waals surface area (Å²) in [6, 6.07) is 0. The maximum Gasteiger partial charge on any atom is 0.267 e. The Bertz CT molecular complexity index is 521. The van der Waals surface area contributed by atoms with Gasteiger partial charge in [-0.25, -0.2) is 0 Å². The van der Waals surface area contributed by atoms with Gasteiger partial charge in [-0.15, -0.1) is 0 Å². The second-order valence-electron chi connectivity index (χ2n) is 4.19. The van der Waals surface area contributed by atoms with Crippen LogP contribution in [0.25, 0.3) is 0 Å². The van der Waals surface area contributed by atoms with E-state index in [1.807, 2.05) is 0 Å². The van der Waals surface area contributed by atoms with Gasteiger partial charge in [0.25, 0.3) is 20.2 Å². The van der Waals surface area contributed by atoms with Gasteiger partial charge in [-0.3, -0.25) is 9.11 Å². The Morgan fingerprint density at radius 1 is 0.773 bits per heavy atom. The molecule has 2 unspecified atom stereocenters. The molecule has 0 bridgehead atoms. The molecule has 2 atom stereocenters. The fourth-order valence-corrected chi connectivity index (χ4v) is 2.34. The van der Waals surface area contributed by atoms with Crippen LogP contribution >= 0.6 is 0 Å². The van der Waals surface area contributed by atoms with Gasteiger partial charge in [0.2, 0.25) is 0 Å². The van der Waals surface area contributed by atoms with E-state index in [2.05, 4.69) is 11.8 Å². The van der Waals surface area contributed by atoms with Gasteiger partial charge in [-0.05, 0) is 0 Å². The Labute approximate surface area is 128 Å². The molecule has 0 aliphatic carbocycles. The molecule has 10 nitrogen and oxygen atoms in total. The van der Waals surface area contributed by atoms with E-state index in [-0.39, 0.29) is 26.4 Å². The summed E-state index contributed by atoms with van der Waals surface area (Å²) in [5, 5.41) is 18.3. The van der Waals surface area contributed by atoms with E-state index in [1.165, 1.54) is 0 Å². The van der Waals surface area contributed by atoms with Crippen LogP contribution in [0.3, 0.4) is 0 Å². The third kappa shape index (κ3) is 15.6. The van der Waals surface area contributed by atoms with Gasteiger partial charge < -0.3 is 19.7 Å². The van der Waals surface area contributed by atoms with E-state index >= 15 is 0 Å². The Balaban J connectivity index is 3.70. The summed E-state index contributed by atoms with van der Waals surface area (Å²) < 4.78 is 68.2. The first-order valence-corrected chi connectivity index (χ1v) is 9.09. The number of hydrogen-bond donors (Lipinski definition) is 4. The van der Waals surface area contributed by atoms with Crippen molar-refractivity contribution in [3.63, 3.8) is 0 Å². The standard InChI is InChI=1S/C10H18O10S2/c11-9(7-21(13,14)15)5-19-3-1-2-4-20-6-10(12)8-22(16,17)18/h9-12H,3-8H2,(H,13,14,15)(H,16,17,18). The molecule has 0 aliphatic heterocycles. The summed E-state index contributed by atoms with van der Waals surface area (Å²) in [5.74, 6) is 3.24. The number of rotatable bonds is 10. The van der Waals surface area contributed by atoms with Crippen molar-refractivity contribution in [2.45, 2.75) is 12.2 Å². The van der Waals surface area contributed by atoms with Crippen LogP contribution in [0, 0.1) is 11.8 Å². The number of aliphatic hydroxyl groups is 2. The lowest BCUT2D eigenvalue weighted by Crippen LogP contribution is -2.25. The zero-order valence-electron chi connectivity index (χ0n) is 11.5. The van der Waals surface area contributed by atoms with Crippen molar-refractivity contribution >= 4 is 20.2 Å². The largest absolute Gasteiger partial charge is 0.390 e. The minimum atomic E-state index is -4.27. The first-order chi connectivity index (χ1) is 9.99. The van der Waals surface area contributed by atoms with Crippen LogP contribution in [0.15, 0.2) is 0 Å². The topological polar surface area (TPSA) is 168 Å². The molecule has 0 heterocycles. The third-order valence-corrected chi connectivity index (χ3v) is 3.51. The lowest BCUT2D eigenvalue weighted by Gasteiger charge is -2.07. The predicted octanol–water partition coefficient (Wildman–Crippen LogP) is -2.48. The molecule has 22 heavy (non-hydrogen) atoms. The maximum atomic E-state index is 10.4. The molecular weight excluding hydrogens is 344 g/mol. The summed E-state index contributed by atoms with van der Waals surface area (Å²) in [4.78, 5) is 0. The van der Waals surface area contributed by atoms with Crippen molar-refractivity contribution in [2.75, 3.05) is 37.9 Å². The molecule has 0 saturated heterocycles. The minimum Gasteiger partial charge on any atom is -0.390 e. The van der Waals surface area contributed by atoms with Gasteiger partial charge in [0.05, 0.1) is 25.4 Å². The molecule has 0 aromatic rings. The smallest absolute Gasteiger partial charge is 0.267 e. The summed E-state index contributed by atoms with van der Waals surface area (Å²) in [6.07, 6.45) is -2.74. The van der Waals surface area contributed by atoms with Gasteiger partial charge in [0.15, 0.2) is 0 Å². The molecule has 0 aliphatic rings. The normalized spacial score (nSPS) is 14.9. The Morgan fingerprint density at radius 2 is 1.09 bits per heavy atom. The Kier molecular flexibility index (Phi) is 9.72. The molecule has 12 heteroatoms. The van der Waals surface area contributed by atoms with Gasteiger partial charge in [0.1, 0.15) is 24.7 Å². The predicted molar refractivity (Wildman–Crippen MR) is 74.3 cm³/mol. The molecule has 0 spiro atoms.